The summed E-state index contributed by atoms with van der Waals surface area (Å²) in [5.74, 6) is -0.0692. The molecule has 1 amide bonds. The van der Waals surface area contributed by atoms with Gasteiger partial charge in [0.2, 0.25) is 5.91 Å². The van der Waals surface area contributed by atoms with Gasteiger partial charge in [-0.25, -0.2) is 0 Å². The largest absolute Gasteiger partial charge is 0.394 e. The Bertz CT molecular complexity index is 1190. The van der Waals surface area contributed by atoms with Crippen molar-refractivity contribution in [1.29, 1.82) is 0 Å². The number of rotatable bonds is 68. The Hall–Kier alpha value is -1.39. The van der Waals surface area contributed by atoms with Crippen LogP contribution in [0.15, 0.2) is 36.5 Å². The number of aliphatic hydroxyl groups is 2. The summed E-state index contributed by atoms with van der Waals surface area (Å²) >= 11 is 0. The second-order valence-corrected chi connectivity index (χ2v) is 25.0. The zero-order valence-corrected chi connectivity index (χ0v) is 53.5. The van der Waals surface area contributed by atoms with Crippen molar-refractivity contribution < 1.29 is 15.0 Å². The van der Waals surface area contributed by atoms with Gasteiger partial charge in [0.1, 0.15) is 0 Å². The Morgan fingerprint density at radius 1 is 0.295 bits per heavy atom. The third-order valence-electron chi connectivity index (χ3n) is 17.1. The molecule has 462 valence electrons. The summed E-state index contributed by atoms with van der Waals surface area (Å²) < 4.78 is 0. The number of unbranched alkanes of at least 4 members (excludes halogenated alkanes) is 57. The van der Waals surface area contributed by atoms with Crippen molar-refractivity contribution in [3.63, 3.8) is 0 Å². The first-order valence-electron chi connectivity index (χ1n) is 36.2. The lowest BCUT2D eigenvalue weighted by molar-refractivity contribution is -0.123. The van der Waals surface area contributed by atoms with Gasteiger partial charge in [0.05, 0.1) is 18.8 Å². The van der Waals surface area contributed by atoms with Gasteiger partial charge >= 0.3 is 0 Å². The topological polar surface area (TPSA) is 69.6 Å². The highest BCUT2D eigenvalue weighted by molar-refractivity contribution is 5.76. The minimum absolute atomic E-state index is 0.0692. The van der Waals surface area contributed by atoms with Crippen LogP contribution in [0.1, 0.15) is 412 Å². The van der Waals surface area contributed by atoms with E-state index < -0.39 is 12.1 Å². The molecule has 0 aromatic carbocycles. The number of carbonyl (C=O) groups is 1. The predicted molar refractivity (Wildman–Crippen MR) is 350 cm³/mol. The number of nitrogens with one attached hydrogen (secondary N) is 1. The van der Waals surface area contributed by atoms with Crippen LogP contribution in [0.25, 0.3) is 0 Å². The van der Waals surface area contributed by atoms with E-state index in [2.05, 4.69) is 43.5 Å². The lowest BCUT2D eigenvalue weighted by atomic mass is 10.0. The van der Waals surface area contributed by atoms with Crippen molar-refractivity contribution in [2.24, 2.45) is 0 Å². The van der Waals surface area contributed by atoms with Crippen molar-refractivity contribution >= 4 is 5.91 Å². The van der Waals surface area contributed by atoms with E-state index in [-0.39, 0.29) is 12.5 Å². The normalized spacial score (nSPS) is 12.8. The lowest BCUT2D eigenvalue weighted by Crippen LogP contribution is -2.45. The standard InChI is InChI=1S/C74H143NO3/c1-3-5-7-9-11-13-15-17-19-21-23-25-27-29-31-33-34-35-36-37-38-39-40-41-42-44-46-48-50-52-54-56-58-60-62-64-66-68-70-74(78)75-72(71-76)73(77)69-67-65-63-61-59-57-55-53-51-49-47-45-43-32-30-28-26-24-22-20-18-16-14-12-10-8-6-4-2/h51,53,59,61,67,69,72-73,76-77H,3-50,52,54-58,60,62-66,68,70-71H2,1-2H3,(H,75,78)/b53-51+,61-59+,69-67+. The molecule has 0 spiro atoms. The molecular weight excluding hydrogens is 951 g/mol. The van der Waals surface area contributed by atoms with E-state index in [1.54, 1.807) is 6.08 Å². The maximum absolute atomic E-state index is 12.5. The average Bonchev–Trinajstić information content (AvgIpc) is 3.44. The Balaban J connectivity index is 3.43. The molecule has 0 aromatic heterocycles. The number of amides is 1. The van der Waals surface area contributed by atoms with Crippen molar-refractivity contribution in [1.82, 2.24) is 5.32 Å². The molecule has 0 heterocycles. The second kappa shape index (κ2) is 69.9. The van der Waals surface area contributed by atoms with Crippen LogP contribution in [0.4, 0.5) is 0 Å². The Labute approximate surface area is 491 Å². The van der Waals surface area contributed by atoms with Crippen molar-refractivity contribution in [2.45, 2.75) is 424 Å². The summed E-state index contributed by atoms with van der Waals surface area (Å²) in [5, 5.41) is 23.3. The monoisotopic (exact) mass is 1090 g/mol. The predicted octanol–water partition coefficient (Wildman–Crippen LogP) is 24.7. The molecule has 2 unspecified atom stereocenters. The molecule has 0 bridgehead atoms. The molecule has 0 aliphatic carbocycles. The first kappa shape index (κ1) is 76.6. The molecule has 0 fully saturated rings. The highest BCUT2D eigenvalue weighted by Crippen LogP contribution is 2.19. The Morgan fingerprint density at radius 2 is 0.500 bits per heavy atom. The number of aliphatic hydroxyl groups excluding tert-OH is 2. The van der Waals surface area contributed by atoms with Gasteiger partial charge in [-0.05, 0) is 44.9 Å². The highest BCUT2D eigenvalue weighted by Gasteiger charge is 2.18. The highest BCUT2D eigenvalue weighted by atomic mass is 16.3. The van der Waals surface area contributed by atoms with Gasteiger partial charge in [-0.1, -0.05) is 397 Å². The smallest absolute Gasteiger partial charge is 0.220 e. The van der Waals surface area contributed by atoms with Gasteiger partial charge in [0.15, 0.2) is 0 Å². The van der Waals surface area contributed by atoms with E-state index >= 15 is 0 Å². The van der Waals surface area contributed by atoms with Gasteiger partial charge in [-0.2, -0.15) is 0 Å². The van der Waals surface area contributed by atoms with E-state index in [0.717, 1.165) is 38.5 Å². The van der Waals surface area contributed by atoms with Crippen LogP contribution in [0.5, 0.6) is 0 Å². The number of hydrogen-bond donors (Lipinski definition) is 3. The number of allylic oxidation sites excluding steroid dienone is 5. The van der Waals surface area contributed by atoms with Crippen LogP contribution in [-0.2, 0) is 4.79 Å². The van der Waals surface area contributed by atoms with Crippen LogP contribution >= 0.6 is 0 Å². The minimum Gasteiger partial charge on any atom is -0.394 e. The third kappa shape index (κ3) is 65.4. The first-order chi connectivity index (χ1) is 38.7. The summed E-state index contributed by atoms with van der Waals surface area (Å²) in [6.07, 6.45) is 96.9. The molecule has 3 N–H and O–H groups in total. The van der Waals surface area contributed by atoms with E-state index in [0.29, 0.717) is 6.42 Å². The molecule has 0 aliphatic rings. The van der Waals surface area contributed by atoms with Crippen LogP contribution in [-0.4, -0.2) is 34.9 Å². The van der Waals surface area contributed by atoms with Gasteiger partial charge in [-0.3, -0.25) is 4.79 Å². The Morgan fingerprint density at radius 3 is 0.744 bits per heavy atom. The third-order valence-corrected chi connectivity index (χ3v) is 17.1. The molecule has 0 aliphatic heterocycles. The van der Waals surface area contributed by atoms with E-state index in [1.807, 2.05) is 6.08 Å². The molecule has 0 rings (SSSR count). The summed E-state index contributed by atoms with van der Waals surface area (Å²) in [7, 11) is 0. The van der Waals surface area contributed by atoms with Crippen LogP contribution in [0, 0.1) is 0 Å². The van der Waals surface area contributed by atoms with Gasteiger partial charge in [-0.15, -0.1) is 0 Å². The molecule has 4 nitrogen and oxygen atoms in total. The number of hydrogen-bond acceptors (Lipinski definition) is 3. The summed E-state index contributed by atoms with van der Waals surface area (Å²) in [4.78, 5) is 12.5. The first-order valence-corrected chi connectivity index (χ1v) is 36.2. The van der Waals surface area contributed by atoms with Crippen molar-refractivity contribution in [2.75, 3.05) is 6.61 Å². The lowest BCUT2D eigenvalue weighted by Gasteiger charge is -2.19. The van der Waals surface area contributed by atoms with Crippen molar-refractivity contribution in [3.05, 3.63) is 36.5 Å². The Kier molecular flexibility index (Phi) is 68.6. The molecule has 0 radical (unpaired) electrons. The van der Waals surface area contributed by atoms with Gasteiger partial charge in [0, 0.05) is 6.42 Å². The zero-order chi connectivity index (χ0) is 56.2. The van der Waals surface area contributed by atoms with Crippen LogP contribution < -0.4 is 5.32 Å². The second-order valence-electron chi connectivity index (χ2n) is 25.0. The average molecular weight is 1090 g/mol. The van der Waals surface area contributed by atoms with E-state index in [9.17, 15) is 15.0 Å². The van der Waals surface area contributed by atoms with Crippen LogP contribution in [0.3, 0.4) is 0 Å². The molecule has 78 heavy (non-hydrogen) atoms. The SMILES string of the molecule is CCCCCCCCCCCCCCCCCCCC/C=C/CC/C=C/CC/C=C/C(O)C(CO)NC(=O)CCCCCCCCCCCCCCCCCCCCCCCCCCCCCCCCCCCCCCCC. The summed E-state index contributed by atoms with van der Waals surface area (Å²) in [6, 6.07) is -0.646. The summed E-state index contributed by atoms with van der Waals surface area (Å²) in [5.41, 5.74) is 0. The van der Waals surface area contributed by atoms with Gasteiger partial charge < -0.3 is 15.5 Å². The van der Waals surface area contributed by atoms with Crippen LogP contribution in [0.2, 0.25) is 0 Å². The molecule has 2 atom stereocenters. The quantitative estimate of drug-likeness (QED) is 0.0420. The maximum atomic E-state index is 12.5. The van der Waals surface area contributed by atoms with Gasteiger partial charge in [0.25, 0.3) is 0 Å². The van der Waals surface area contributed by atoms with E-state index in [4.69, 9.17) is 0 Å². The zero-order valence-electron chi connectivity index (χ0n) is 53.5. The fourth-order valence-electron chi connectivity index (χ4n) is 11.6. The fraction of sp³-hybridized carbons (Fsp3) is 0.905. The molecular formula is C74H143NO3. The molecule has 0 saturated heterocycles. The molecule has 0 aromatic rings. The minimum atomic E-state index is -0.871. The molecule has 0 saturated carbocycles. The molecule has 4 heteroatoms. The summed E-state index contributed by atoms with van der Waals surface area (Å²) in [6.45, 7) is 4.35. The fourth-order valence-corrected chi connectivity index (χ4v) is 11.6. The number of carbonyl (C=O) groups excluding carboxylic acids is 1. The maximum Gasteiger partial charge on any atom is 0.220 e. The van der Waals surface area contributed by atoms with E-state index in [1.165, 1.54) is 353 Å². The van der Waals surface area contributed by atoms with Crippen molar-refractivity contribution in [3.8, 4) is 0 Å².